The first-order chi connectivity index (χ1) is 16.3. The zero-order chi connectivity index (χ0) is 24.8. The van der Waals surface area contributed by atoms with Gasteiger partial charge in [-0.2, -0.15) is 0 Å². The van der Waals surface area contributed by atoms with E-state index in [9.17, 15) is 9.59 Å². The number of aromatic nitrogens is 1. The first kappa shape index (κ1) is 24.8. The second-order valence-electron chi connectivity index (χ2n) is 8.33. The third kappa shape index (κ3) is 5.39. The van der Waals surface area contributed by atoms with E-state index in [1.807, 2.05) is 38.1 Å². The summed E-state index contributed by atoms with van der Waals surface area (Å²) in [5.41, 5.74) is 9.11. The zero-order valence-electron chi connectivity index (χ0n) is 20.3. The molecule has 0 aliphatic rings. The quantitative estimate of drug-likeness (QED) is 0.467. The number of methoxy groups -OCH3 is 1. The fraction of sp³-hybridized carbons (Fsp3) is 0.346. The summed E-state index contributed by atoms with van der Waals surface area (Å²) in [7, 11) is 3.30. The van der Waals surface area contributed by atoms with Crippen molar-refractivity contribution in [2.24, 2.45) is 11.7 Å². The number of primary amides is 1. The average molecular weight is 465 g/mol. The van der Waals surface area contributed by atoms with Gasteiger partial charge >= 0.3 is 0 Å². The van der Waals surface area contributed by atoms with Gasteiger partial charge in [0, 0.05) is 36.3 Å². The van der Waals surface area contributed by atoms with Crippen LogP contribution >= 0.6 is 0 Å². The van der Waals surface area contributed by atoms with Crippen molar-refractivity contribution in [1.82, 2.24) is 9.88 Å². The van der Waals surface area contributed by atoms with E-state index in [-0.39, 0.29) is 24.0 Å². The molecular weight excluding hydrogens is 432 g/mol. The Labute approximate surface area is 200 Å². The molecule has 0 unspecified atom stereocenters. The largest absolute Gasteiger partial charge is 0.493 e. The Morgan fingerprint density at radius 3 is 2.56 bits per heavy atom. The molecule has 3 rings (SSSR count). The van der Waals surface area contributed by atoms with Crippen LogP contribution < -0.4 is 20.5 Å². The van der Waals surface area contributed by atoms with Gasteiger partial charge in [0.25, 0.3) is 5.91 Å². The first-order valence-electron chi connectivity index (χ1n) is 11.3. The molecule has 3 aromatic rings. The maximum Gasteiger partial charge on any atom is 0.252 e. The number of anilines is 2. The monoisotopic (exact) mass is 464 g/mol. The third-order valence-electron chi connectivity index (χ3n) is 5.63. The Morgan fingerprint density at radius 2 is 1.91 bits per heavy atom. The second-order valence-corrected chi connectivity index (χ2v) is 8.33. The van der Waals surface area contributed by atoms with Crippen LogP contribution in [0.3, 0.4) is 0 Å². The van der Waals surface area contributed by atoms with Crippen molar-refractivity contribution in [2.45, 2.75) is 27.2 Å². The summed E-state index contributed by atoms with van der Waals surface area (Å²) >= 11 is 0. The molecule has 0 radical (unpaired) electrons. The highest BCUT2D eigenvalue weighted by atomic mass is 16.5. The van der Waals surface area contributed by atoms with Crippen molar-refractivity contribution in [3.63, 3.8) is 0 Å². The van der Waals surface area contributed by atoms with Crippen molar-refractivity contribution in [3.8, 4) is 11.5 Å². The van der Waals surface area contributed by atoms with Crippen LogP contribution in [0.1, 0.15) is 36.7 Å². The van der Waals surface area contributed by atoms with Gasteiger partial charge in [-0.25, -0.2) is 0 Å². The summed E-state index contributed by atoms with van der Waals surface area (Å²) in [6.07, 6.45) is 2.29. The van der Waals surface area contributed by atoms with Crippen LogP contribution in [0.15, 0.2) is 42.6 Å². The Bertz CT molecular complexity index is 1190. The molecule has 1 heterocycles. The number of ether oxygens (including phenoxy) is 2. The number of aryl methyl sites for hydroxylation is 1. The number of carbonyl (C=O) groups excluding carboxylic acids is 2. The molecule has 0 spiro atoms. The maximum absolute atomic E-state index is 12.2. The number of nitrogens with two attached hydrogens (primary N) is 1. The molecule has 1 aromatic heterocycles. The predicted octanol–water partition coefficient (Wildman–Crippen LogP) is 4.14. The molecule has 2 amide bonds. The third-order valence-corrected chi connectivity index (χ3v) is 5.63. The van der Waals surface area contributed by atoms with Crippen molar-refractivity contribution in [3.05, 3.63) is 53.7 Å². The van der Waals surface area contributed by atoms with E-state index in [4.69, 9.17) is 15.2 Å². The van der Waals surface area contributed by atoms with Gasteiger partial charge in [0.2, 0.25) is 5.91 Å². The molecule has 8 heteroatoms. The molecule has 0 fully saturated rings. The van der Waals surface area contributed by atoms with Gasteiger partial charge in [0.15, 0.2) is 11.5 Å². The van der Waals surface area contributed by atoms with E-state index >= 15 is 0 Å². The molecule has 0 aliphatic heterocycles. The van der Waals surface area contributed by atoms with Gasteiger partial charge in [-0.15, -0.1) is 0 Å². The number of benzene rings is 2. The lowest BCUT2D eigenvalue weighted by Crippen LogP contribution is -2.33. The maximum atomic E-state index is 12.2. The number of nitrogens with zero attached hydrogens (tertiary/aromatic N) is 2. The van der Waals surface area contributed by atoms with Crippen molar-refractivity contribution in [2.75, 3.05) is 32.6 Å². The fourth-order valence-corrected chi connectivity index (χ4v) is 3.72. The van der Waals surface area contributed by atoms with Crippen LogP contribution in [-0.2, 0) is 11.2 Å². The molecule has 2 aromatic carbocycles. The van der Waals surface area contributed by atoms with E-state index < -0.39 is 5.91 Å². The van der Waals surface area contributed by atoms with E-state index in [1.165, 1.54) is 6.20 Å². The number of fused-ring (bicyclic) bond motifs is 1. The van der Waals surface area contributed by atoms with Crippen molar-refractivity contribution < 1.29 is 19.1 Å². The minimum Gasteiger partial charge on any atom is -0.493 e. The molecule has 0 saturated heterocycles. The lowest BCUT2D eigenvalue weighted by molar-refractivity contribution is -0.133. The van der Waals surface area contributed by atoms with Gasteiger partial charge < -0.3 is 25.4 Å². The molecule has 34 heavy (non-hydrogen) atoms. The van der Waals surface area contributed by atoms with Gasteiger partial charge in [-0.05, 0) is 24.1 Å². The smallest absolute Gasteiger partial charge is 0.252 e. The summed E-state index contributed by atoms with van der Waals surface area (Å²) in [5.74, 6) is 0.363. The van der Waals surface area contributed by atoms with Gasteiger partial charge in [-0.1, -0.05) is 39.0 Å². The topological polar surface area (TPSA) is 107 Å². The number of likely N-dealkylation sites (N-methyl/N-ethyl adjacent to an activating group) is 1. The molecule has 0 bridgehead atoms. The fourth-order valence-electron chi connectivity index (χ4n) is 3.72. The highest BCUT2D eigenvalue weighted by Crippen LogP contribution is 2.37. The summed E-state index contributed by atoms with van der Waals surface area (Å²) in [4.78, 5) is 30.4. The highest BCUT2D eigenvalue weighted by molar-refractivity contribution is 6.08. The normalized spacial score (nSPS) is 10.9. The minimum absolute atomic E-state index is 0.0467. The van der Waals surface area contributed by atoms with Crippen LogP contribution in [0, 0.1) is 5.92 Å². The number of amides is 2. The SMILES string of the molecule is CCc1ccccc1Nc1c(C(N)=O)cnc2cc(OC)c(OCCN(C)C(=O)C(C)C)cc12. The number of nitrogens with one attached hydrogen (secondary N) is 1. The molecular formula is C26H32N4O4. The summed E-state index contributed by atoms with van der Waals surface area (Å²) in [5, 5.41) is 4.06. The van der Waals surface area contributed by atoms with Crippen LogP contribution in [0.4, 0.5) is 11.4 Å². The number of carbonyl (C=O) groups is 2. The zero-order valence-corrected chi connectivity index (χ0v) is 20.3. The molecule has 0 atom stereocenters. The predicted molar refractivity (Wildman–Crippen MR) is 134 cm³/mol. The Balaban J connectivity index is 2.02. The van der Waals surface area contributed by atoms with E-state index in [2.05, 4.69) is 17.2 Å². The van der Waals surface area contributed by atoms with Crippen LogP contribution in [0.5, 0.6) is 11.5 Å². The number of rotatable bonds is 10. The standard InChI is InChI=1S/C26H32N4O4/c1-6-17-9-7-8-10-20(17)29-24-18-13-23(34-12-11-30(4)26(32)16(2)3)22(33-5)14-21(18)28-15-19(24)25(27)31/h7-10,13-16H,6,11-12H2,1-5H3,(H2,27,31)(H,28,29). The Hall–Kier alpha value is -3.81. The van der Waals surface area contributed by atoms with Crippen LogP contribution in [0.2, 0.25) is 0 Å². The van der Waals surface area contributed by atoms with E-state index in [0.29, 0.717) is 34.6 Å². The van der Waals surface area contributed by atoms with Crippen molar-refractivity contribution in [1.29, 1.82) is 0 Å². The van der Waals surface area contributed by atoms with E-state index in [1.54, 1.807) is 31.2 Å². The lowest BCUT2D eigenvalue weighted by Gasteiger charge is -2.20. The lowest BCUT2D eigenvalue weighted by atomic mass is 10.1. The molecule has 0 saturated carbocycles. The average Bonchev–Trinajstić information content (AvgIpc) is 2.83. The number of hydrogen-bond donors (Lipinski definition) is 2. The molecule has 8 nitrogen and oxygen atoms in total. The Kier molecular flexibility index (Phi) is 7.94. The van der Waals surface area contributed by atoms with Crippen LogP contribution in [-0.4, -0.2) is 49.0 Å². The number of pyridine rings is 1. The Morgan fingerprint density at radius 1 is 1.18 bits per heavy atom. The number of para-hydroxylation sites is 1. The molecule has 3 N–H and O–H groups in total. The minimum atomic E-state index is -0.585. The van der Waals surface area contributed by atoms with Gasteiger partial charge in [0.05, 0.1) is 30.4 Å². The molecule has 180 valence electrons. The summed E-state index contributed by atoms with van der Waals surface area (Å²) in [6.45, 7) is 6.49. The first-order valence-corrected chi connectivity index (χ1v) is 11.3. The summed E-state index contributed by atoms with van der Waals surface area (Å²) in [6, 6.07) is 11.4. The van der Waals surface area contributed by atoms with E-state index in [0.717, 1.165) is 17.7 Å². The second kappa shape index (κ2) is 10.9. The van der Waals surface area contributed by atoms with Crippen molar-refractivity contribution >= 4 is 34.1 Å². The van der Waals surface area contributed by atoms with Crippen LogP contribution in [0.25, 0.3) is 10.9 Å². The number of hydrogen-bond acceptors (Lipinski definition) is 6. The summed E-state index contributed by atoms with van der Waals surface area (Å²) < 4.78 is 11.5. The highest BCUT2D eigenvalue weighted by Gasteiger charge is 2.18. The van der Waals surface area contributed by atoms with Gasteiger partial charge in [0.1, 0.15) is 6.61 Å². The molecule has 0 aliphatic carbocycles. The van der Waals surface area contributed by atoms with Gasteiger partial charge in [-0.3, -0.25) is 14.6 Å².